The molecule has 0 amide bonds. The van der Waals surface area contributed by atoms with Crippen molar-refractivity contribution in [2.45, 2.75) is 45.4 Å². The molecule has 1 aliphatic rings. The number of Topliss-reactive ketones (excluding diaryl/α,β-unsaturated/α-hetero) is 1. The molecule has 20 heavy (non-hydrogen) atoms. The van der Waals surface area contributed by atoms with Crippen LogP contribution in [0.25, 0.3) is 0 Å². The minimum Gasteiger partial charge on any atom is -0.496 e. The van der Waals surface area contributed by atoms with E-state index >= 15 is 0 Å². The third-order valence-electron chi connectivity index (χ3n) is 4.27. The smallest absolute Gasteiger partial charge is 0.136 e. The van der Waals surface area contributed by atoms with Crippen LogP contribution in [0.1, 0.15) is 44.6 Å². The predicted octanol–water partition coefficient (Wildman–Crippen LogP) is 4.79. The third-order valence-corrected chi connectivity index (χ3v) is 4.89. The van der Waals surface area contributed by atoms with E-state index in [9.17, 15) is 4.79 Å². The molecule has 1 fully saturated rings. The van der Waals surface area contributed by atoms with Gasteiger partial charge in [-0.3, -0.25) is 4.79 Å². The molecule has 2 unspecified atom stereocenters. The summed E-state index contributed by atoms with van der Waals surface area (Å²) in [6, 6.07) is 6.12. The van der Waals surface area contributed by atoms with Crippen LogP contribution >= 0.6 is 15.9 Å². The molecule has 110 valence electrons. The Labute approximate surface area is 130 Å². The molecule has 1 aromatic carbocycles. The third kappa shape index (κ3) is 3.85. The summed E-state index contributed by atoms with van der Waals surface area (Å²) in [5.41, 5.74) is 1.22. The van der Waals surface area contributed by atoms with E-state index in [1.807, 2.05) is 6.07 Å². The van der Waals surface area contributed by atoms with Crippen LogP contribution in [0.3, 0.4) is 0 Å². The molecule has 0 bridgehead atoms. The highest BCUT2D eigenvalue weighted by Crippen LogP contribution is 2.33. The van der Waals surface area contributed by atoms with Gasteiger partial charge in [0, 0.05) is 12.3 Å². The number of rotatable bonds is 5. The van der Waals surface area contributed by atoms with E-state index < -0.39 is 0 Å². The molecule has 3 heteroatoms. The fourth-order valence-electron chi connectivity index (χ4n) is 3.19. The largest absolute Gasteiger partial charge is 0.496 e. The van der Waals surface area contributed by atoms with Crippen molar-refractivity contribution < 1.29 is 9.53 Å². The highest BCUT2D eigenvalue weighted by atomic mass is 79.9. The van der Waals surface area contributed by atoms with Gasteiger partial charge in [0.05, 0.1) is 11.6 Å². The summed E-state index contributed by atoms with van der Waals surface area (Å²) in [6.45, 7) is 2.23. The van der Waals surface area contributed by atoms with Gasteiger partial charge in [0.15, 0.2) is 0 Å². The summed E-state index contributed by atoms with van der Waals surface area (Å²) in [4.78, 5) is 12.1. The number of carbonyl (C=O) groups excluding carboxylic acids is 1. The zero-order chi connectivity index (χ0) is 14.5. The van der Waals surface area contributed by atoms with Gasteiger partial charge in [-0.25, -0.2) is 0 Å². The van der Waals surface area contributed by atoms with Crippen molar-refractivity contribution in [1.29, 1.82) is 0 Å². The van der Waals surface area contributed by atoms with E-state index in [0.29, 0.717) is 5.78 Å². The molecule has 2 rings (SSSR count). The lowest BCUT2D eigenvalue weighted by Gasteiger charge is -2.28. The normalized spacial score (nSPS) is 22.9. The summed E-state index contributed by atoms with van der Waals surface area (Å²) < 4.78 is 6.21. The second-order valence-electron chi connectivity index (χ2n) is 5.77. The van der Waals surface area contributed by atoms with Crippen molar-refractivity contribution in [3.8, 4) is 5.75 Å². The van der Waals surface area contributed by atoms with Crippen LogP contribution < -0.4 is 4.74 Å². The van der Waals surface area contributed by atoms with E-state index in [0.717, 1.165) is 41.8 Å². The first-order valence-electron chi connectivity index (χ1n) is 7.49. The Balaban J connectivity index is 2.03. The van der Waals surface area contributed by atoms with Crippen molar-refractivity contribution in [3.05, 3.63) is 28.2 Å². The maximum Gasteiger partial charge on any atom is 0.136 e. The Morgan fingerprint density at radius 3 is 2.85 bits per heavy atom. The molecule has 2 nitrogen and oxygen atoms in total. The van der Waals surface area contributed by atoms with E-state index in [1.165, 1.54) is 18.4 Å². The standard InChI is InChI=1S/C17H23BrO2/c1-3-4-12-5-7-16(19)14(9-12)10-13-6-8-17(20-2)15(18)11-13/h6,8,11-12,14H,3-5,7,9-10H2,1-2H3. The first-order chi connectivity index (χ1) is 9.63. The van der Waals surface area contributed by atoms with Crippen molar-refractivity contribution >= 4 is 21.7 Å². The van der Waals surface area contributed by atoms with Gasteiger partial charge in [0.1, 0.15) is 11.5 Å². The van der Waals surface area contributed by atoms with E-state index in [4.69, 9.17) is 4.74 Å². The number of hydrogen-bond donors (Lipinski definition) is 0. The molecule has 1 aromatic rings. The van der Waals surface area contributed by atoms with Gasteiger partial charge in [-0.1, -0.05) is 25.8 Å². The minimum atomic E-state index is 0.209. The quantitative estimate of drug-likeness (QED) is 0.771. The summed E-state index contributed by atoms with van der Waals surface area (Å²) in [5, 5.41) is 0. The summed E-state index contributed by atoms with van der Waals surface area (Å²) in [5.74, 6) is 2.24. The molecule has 0 N–H and O–H groups in total. The molecule has 0 spiro atoms. The average Bonchev–Trinajstić information content (AvgIpc) is 2.43. The molecule has 0 aliphatic heterocycles. The number of hydrogen-bond acceptors (Lipinski definition) is 2. The van der Waals surface area contributed by atoms with Crippen LogP contribution in [0.4, 0.5) is 0 Å². The van der Waals surface area contributed by atoms with E-state index in [-0.39, 0.29) is 5.92 Å². The van der Waals surface area contributed by atoms with Gasteiger partial charge < -0.3 is 4.74 Å². The topological polar surface area (TPSA) is 26.3 Å². The Morgan fingerprint density at radius 2 is 2.20 bits per heavy atom. The van der Waals surface area contributed by atoms with Crippen LogP contribution in [0.15, 0.2) is 22.7 Å². The molecule has 0 saturated heterocycles. The zero-order valence-electron chi connectivity index (χ0n) is 12.3. The monoisotopic (exact) mass is 338 g/mol. The highest BCUT2D eigenvalue weighted by molar-refractivity contribution is 9.10. The van der Waals surface area contributed by atoms with Crippen molar-refractivity contribution in [2.75, 3.05) is 7.11 Å². The fraction of sp³-hybridized carbons (Fsp3) is 0.588. The lowest BCUT2D eigenvalue weighted by atomic mass is 9.76. The predicted molar refractivity (Wildman–Crippen MR) is 85.1 cm³/mol. The van der Waals surface area contributed by atoms with Crippen molar-refractivity contribution in [2.24, 2.45) is 11.8 Å². The van der Waals surface area contributed by atoms with Gasteiger partial charge in [-0.15, -0.1) is 0 Å². The Kier molecular flexibility index (Phi) is 5.64. The summed E-state index contributed by atoms with van der Waals surface area (Å²) in [6.07, 6.45) is 6.27. The first-order valence-corrected chi connectivity index (χ1v) is 8.28. The molecular formula is C17H23BrO2. The molecule has 1 aliphatic carbocycles. The Hall–Kier alpha value is -0.830. The van der Waals surface area contributed by atoms with Crippen LogP contribution in [0.5, 0.6) is 5.75 Å². The molecule has 1 saturated carbocycles. The molecule has 0 aromatic heterocycles. The Morgan fingerprint density at radius 1 is 1.40 bits per heavy atom. The fourth-order valence-corrected chi connectivity index (χ4v) is 3.78. The summed E-state index contributed by atoms with van der Waals surface area (Å²) in [7, 11) is 1.67. The number of ketones is 1. The average molecular weight is 339 g/mol. The maximum absolute atomic E-state index is 12.1. The van der Waals surface area contributed by atoms with Gasteiger partial charge >= 0.3 is 0 Å². The minimum absolute atomic E-state index is 0.209. The first kappa shape index (κ1) is 15.6. The number of carbonyl (C=O) groups is 1. The summed E-state index contributed by atoms with van der Waals surface area (Å²) >= 11 is 3.51. The molecule has 2 atom stereocenters. The number of ether oxygens (including phenoxy) is 1. The molecule has 0 radical (unpaired) electrons. The highest BCUT2D eigenvalue weighted by Gasteiger charge is 2.28. The lowest BCUT2D eigenvalue weighted by molar-refractivity contribution is -0.125. The SMILES string of the molecule is CCCC1CCC(=O)C(Cc2ccc(OC)c(Br)c2)C1. The van der Waals surface area contributed by atoms with Gasteiger partial charge in [-0.2, -0.15) is 0 Å². The number of halogens is 1. The van der Waals surface area contributed by atoms with Crippen LogP contribution in [0.2, 0.25) is 0 Å². The Bertz CT molecular complexity index is 470. The van der Waals surface area contributed by atoms with Crippen LogP contribution in [0, 0.1) is 11.8 Å². The van der Waals surface area contributed by atoms with Crippen LogP contribution in [-0.4, -0.2) is 12.9 Å². The maximum atomic E-state index is 12.1. The lowest BCUT2D eigenvalue weighted by Crippen LogP contribution is -2.26. The van der Waals surface area contributed by atoms with Crippen LogP contribution in [-0.2, 0) is 11.2 Å². The number of benzene rings is 1. The van der Waals surface area contributed by atoms with Crippen molar-refractivity contribution in [3.63, 3.8) is 0 Å². The second kappa shape index (κ2) is 7.26. The van der Waals surface area contributed by atoms with Gasteiger partial charge in [0.25, 0.3) is 0 Å². The number of methoxy groups -OCH3 is 1. The van der Waals surface area contributed by atoms with E-state index in [2.05, 4.69) is 35.0 Å². The van der Waals surface area contributed by atoms with Gasteiger partial charge in [0.2, 0.25) is 0 Å². The second-order valence-corrected chi connectivity index (χ2v) is 6.62. The molecular weight excluding hydrogens is 316 g/mol. The zero-order valence-corrected chi connectivity index (χ0v) is 13.9. The molecule has 0 heterocycles. The van der Waals surface area contributed by atoms with Gasteiger partial charge in [-0.05, 0) is 58.8 Å². The van der Waals surface area contributed by atoms with E-state index in [1.54, 1.807) is 7.11 Å². The van der Waals surface area contributed by atoms with Crippen molar-refractivity contribution in [1.82, 2.24) is 0 Å².